The van der Waals surface area contributed by atoms with Gasteiger partial charge in [0.25, 0.3) is 0 Å². The van der Waals surface area contributed by atoms with Crippen LogP contribution in [0.3, 0.4) is 0 Å². The van der Waals surface area contributed by atoms with E-state index in [4.69, 9.17) is 4.74 Å². The zero-order chi connectivity index (χ0) is 22.2. The van der Waals surface area contributed by atoms with Crippen LogP contribution in [0.5, 0.6) is 0 Å². The zero-order valence-electron chi connectivity index (χ0n) is 20.3. The van der Waals surface area contributed by atoms with E-state index in [1.165, 1.54) is 44.9 Å². The second kappa shape index (κ2) is 11.2. The summed E-state index contributed by atoms with van der Waals surface area (Å²) in [7, 11) is 1.81. The number of rotatable bonds is 10. The second-order valence-corrected chi connectivity index (χ2v) is 10.7. The molecule has 0 bridgehead atoms. The van der Waals surface area contributed by atoms with Gasteiger partial charge in [0.1, 0.15) is 17.8 Å². The summed E-state index contributed by atoms with van der Waals surface area (Å²) >= 11 is 0. The lowest BCUT2D eigenvalue weighted by Crippen LogP contribution is -2.52. The molecule has 170 valence electrons. The Morgan fingerprint density at radius 3 is 1.83 bits per heavy atom. The molecule has 1 rings (SSSR count). The Balaban J connectivity index is 2.67. The van der Waals surface area contributed by atoms with E-state index in [9.17, 15) is 9.59 Å². The van der Waals surface area contributed by atoms with Gasteiger partial charge in [-0.15, -0.1) is 0 Å². The first-order chi connectivity index (χ1) is 13.4. The Morgan fingerprint density at radius 1 is 0.897 bits per heavy atom. The monoisotopic (exact) mass is 410 g/mol. The Labute approximate surface area is 179 Å². The van der Waals surface area contributed by atoms with Crippen LogP contribution in [0.2, 0.25) is 0 Å². The number of carbonyl (C=O) groups is 2. The van der Waals surface area contributed by atoms with Crippen LogP contribution in [0.4, 0.5) is 4.79 Å². The van der Waals surface area contributed by atoms with Crippen molar-refractivity contribution in [3.05, 3.63) is 0 Å². The molecule has 0 saturated carbocycles. The first kappa shape index (κ1) is 25.8. The van der Waals surface area contributed by atoms with E-state index in [1.807, 2.05) is 27.8 Å². The van der Waals surface area contributed by atoms with E-state index >= 15 is 0 Å². The van der Waals surface area contributed by atoms with Crippen molar-refractivity contribution in [3.63, 3.8) is 0 Å². The van der Waals surface area contributed by atoms with Crippen molar-refractivity contribution in [2.75, 3.05) is 7.05 Å². The van der Waals surface area contributed by atoms with Crippen molar-refractivity contribution in [2.24, 2.45) is 5.41 Å². The highest BCUT2D eigenvalue weighted by molar-refractivity contribution is 5.89. The van der Waals surface area contributed by atoms with Crippen LogP contribution in [0, 0.1) is 5.41 Å². The van der Waals surface area contributed by atoms with E-state index in [0.29, 0.717) is 6.42 Å². The standard InChI is InChI=1S/C24H46N2O3/c1-9-10-11-12-13-14-15-16-17-18-19-20(27)25(8)21(23(2,3)4)26(19)22(28)29-24(5,6)7/h19,21H,9-18H2,1-8H3. The number of carbonyl (C=O) groups excluding carboxylic acids is 2. The summed E-state index contributed by atoms with van der Waals surface area (Å²) < 4.78 is 5.67. The van der Waals surface area contributed by atoms with E-state index in [2.05, 4.69) is 27.7 Å². The average Bonchev–Trinajstić information content (AvgIpc) is 2.83. The number of hydrogen-bond acceptors (Lipinski definition) is 3. The molecule has 0 aromatic carbocycles. The van der Waals surface area contributed by atoms with E-state index in [-0.39, 0.29) is 23.6 Å². The van der Waals surface area contributed by atoms with Gasteiger partial charge < -0.3 is 9.64 Å². The van der Waals surface area contributed by atoms with E-state index < -0.39 is 11.6 Å². The van der Waals surface area contributed by atoms with Crippen LogP contribution in [-0.2, 0) is 9.53 Å². The Morgan fingerprint density at radius 2 is 1.38 bits per heavy atom. The first-order valence-electron chi connectivity index (χ1n) is 11.7. The molecule has 5 nitrogen and oxygen atoms in total. The van der Waals surface area contributed by atoms with Crippen molar-refractivity contribution in [3.8, 4) is 0 Å². The molecule has 0 N–H and O–H groups in total. The fourth-order valence-corrected chi connectivity index (χ4v) is 4.28. The summed E-state index contributed by atoms with van der Waals surface area (Å²) in [5.41, 5.74) is -0.819. The van der Waals surface area contributed by atoms with E-state index in [0.717, 1.165) is 12.8 Å². The van der Waals surface area contributed by atoms with Crippen LogP contribution < -0.4 is 0 Å². The molecule has 5 heteroatoms. The summed E-state index contributed by atoms with van der Waals surface area (Å²) in [5, 5.41) is 0. The number of hydrogen-bond donors (Lipinski definition) is 0. The molecule has 2 atom stereocenters. The highest BCUT2D eigenvalue weighted by Gasteiger charge is 2.52. The Hall–Kier alpha value is -1.26. The summed E-state index contributed by atoms with van der Waals surface area (Å²) in [6.45, 7) is 14.1. The van der Waals surface area contributed by atoms with Crippen molar-refractivity contribution in [1.29, 1.82) is 0 Å². The molecule has 1 aliphatic rings. The summed E-state index contributed by atoms with van der Waals surface area (Å²) in [6.07, 6.45) is 11.2. The highest BCUT2D eigenvalue weighted by atomic mass is 16.6. The van der Waals surface area contributed by atoms with E-state index in [1.54, 1.807) is 9.80 Å². The van der Waals surface area contributed by atoms with Gasteiger partial charge in [0, 0.05) is 12.5 Å². The van der Waals surface area contributed by atoms with Gasteiger partial charge in [0.05, 0.1) is 0 Å². The normalized spacial score (nSPS) is 20.5. The van der Waals surface area contributed by atoms with Gasteiger partial charge >= 0.3 is 6.09 Å². The molecule has 2 amide bonds. The molecule has 1 saturated heterocycles. The predicted octanol–water partition coefficient (Wildman–Crippen LogP) is 6.36. The summed E-state index contributed by atoms with van der Waals surface area (Å²) in [6, 6.07) is -0.413. The van der Waals surface area contributed by atoms with Crippen molar-refractivity contribution in [2.45, 2.75) is 130 Å². The topological polar surface area (TPSA) is 49.9 Å². The lowest BCUT2D eigenvalue weighted by atomic mass is 9.91. The Kier molecular flexibility index (Phi) is 9.97. The minimum Gasteiger partial charge on any atom is -0.444 e. The molecule has 29 heavy (non-hydrogen) atoms. The predicted molar refractivity (Wildman–Crippen MR) is 120 cm³/mol. The van der Waals surface area contributed by atoms with Crippen LogP contribution in [0.15, 0.2) is 0 Å². The Bertz CT molecular complexity index is 519. The highest BCUT2D eigenvalue weighted by Crippen LogP contribution is 2.36. The van der Waals surface area contributed by atoms with Crippen LogP contribution in [0.1, 0.15) is 113 Å². The fourth-order valence-electron chi connectivity index (χ4n) is 4.28. The van der Waals surface area contributed by atoms with Gasteiger partial charge in [-0.25, -0.2) is 4.79 Å². The summed E-state index contributed by atoms with van der Waals surface area (Å²) in [4.78, 5) is 29.4. The quantitative estimate of drug-likeness (QED) is 0.394. The summed E-state index contributed by atoms with van der Waals surface area (Å²) in [5.74, 6) is 0.0374. The van der Waals surface area contributed by atoms with Gasteiger partial charge in [-0.05, 0) is 27.2 Å². The lowest BCUT2D eigenvalue weighted by molar-refractivity contribution is -0.129. The third-order valence-electron chi connectivity index (χ3n) is 5.56. The van der Waals surface area contributed by atoms with Gasteiger partial charge in [-0.3, -0.25) is 9.69 Å². The molecule has 1 fully saturated rings. The van der Waals surface area contributed by atoms with Gasteiger partial charge in [0.15, 0.2) is 0 Å². The minimum absolute atomic E-state index is 0.0374. The van der Waals surface area contributed by atoms with Crippen molar-refractivity contribution in [1.82, 2.24) is 9.80 Å². The smallest absolute Gasteiger partial charge is 0.412 e. The number of ether oxygens (including phenoxy) is 1. The SMILES string of the molecule is CCCCCCCCCCCC1C(=O)N(C)C(C(C)(C)C)N1C(=O)OC(C)(C)C. The molecule has 0 spiro atoms. The lowest BCUT2D eigenvalue weighted by Gasteiger charge is -2.39. The molecule has 0 aliphatic carbocycles. The fraction of sp³-hybridized carbons (Fsp3) is 0.917. The third kappa shape index (κ3) is 8.18. The molecule has 0 radical (unpaired) electrons. The maximum atomic E-state index is 13.0. The van der Waals surface area contributed by atoms with Crippen molar-refractivity contribution >= 4 is 12.0 Å². The van der Waals surface area contributed by atoms with Crippen molar-refractivity contribution < 1.29 is 14.3 Å². The maximum Gasteiger partial charge on any atom is 0.412 e. The second-order valence-electron chi connectivity index (χ2n) is 10.7. The van der Waals surface area contributed by atoms with Gasteiger partial charge in [-0.1, -0.05) is 85.5 Å². The molecule has 2 unspecified atom stereocenters. The van der Waals surface area contributed by atoms with Crippen LogP contribution >= 0.6 is 0 Å². The average molecular weight is 411 g/mol. The van der Waals surface area contributed by atoms with Gasteiger partial charge in [-0.2, -0.15) is 0 Å². The molecule has 1 aliphatic heterocycles. The molecular weight excluding hydrogens is 364 g/mol. The van der Waals surface area contributed by atoms with Crippen LogP contribution in [-0.4, -0.2) is 46.7 Å². The number of unbranched alkanes of at least 4 members (excludes halogenated alkanes) is 8. The first-order valence-corrected chi connectivity index (χ1v) is 11.7. The zero-order valence-corrected chi connectivity index (χ0v) is 20.3. The van der Waals surface area contributed by atoms with Crippen LogP contribution in [0.25, 0.3) is 0 Å². The number of nitrogens with zero attached hydrogens (tertiary/aromatic N) is 2. The largest absolute Gasteiger partial charge is 0.444 e. The molecule has 0 aromatic heterocycles. The molecule has 0 aromatic rings. The third-order valence-corrected chi connectivity index (χ3v) is 5.56. The maximum absolute atomic E-state index is 13.0. The minimum atomic E-state index is -0.577. The number of likely N-dealkylation sites (N-methyl/N-ethyl adjacent to an activating group) is 1. The molecular formula is C24H46N2O3. The molecule has 1 heterocycles. The number of amides is 2. The van der Waals surface area contributed by atoms with Gasteiger partial charge in [0.2, 0.25) is 5.91 Å².